The van der Waals surface area contributed by atoms with E-state index in [2.05, 4.69) is 15.6 Å². The fourth-order valence-corrected chi connectivity index (χ4v) is 3.05. The largest absolute Gasteiger partial charge is 0.445 e. The third-order valence-corrected chi connectivity index (χ3v) is 4.43. The lowest BCUT2D eigenvalue weighted by molar-refractivity contribution is 0.0281. The molecule has 1 aliphatic rings. The standard InChI is InChI=1S/C18H23N3O3/c22-17(20-13-18(23)9-3-1-2-4-10-18)21-15-7-5-14(6-8-15)16-19-11-12-24-16/h5-8,11-12,23H,1-4,9-10,13H2,(H2,20,21,22). The van der Waals surface area contributed by atoms with Gasteiger partial charge in [-0.25, -0.2) is 9.78 Å². The fourth-order valence-electron chi connectivity index (χ4n) is 3.05. The van der Waals surface area contributed by atoms with Crippen LogP contribution in [0.15, 0.2) is 41.1 Å². The SMILES string of the molecule is O=C(NCC1(O)CCCCCC1)Nc1ccc(-c2ncco2)cc1. The highest BCUT2D eigenvalue weighted by molar-refractivity contribution is 5.89. The van der Waals surface area contributed by atoms with Crippen molar-refractivity contribution in [3.8, 4) is 11.5 Å². The minimum Gasteiger partial charge on any atom is -0.445 e. The van der Waals surface area contributed by atoms with Gasteiger partial charge < -0.3 is 20.2 Å². The van der Waals surface area contributed by atoms with Crippen LogP contribution in [-0.4, -0.2) is 28.3 Å². The predicted molar refractivity (Wildman–Crippen MR) is 91.6 cm³/mol. The zero-order valence-corrected chi connectivity index (χ0v) is 13.6. The molecule has 1 saturated carbocycles. The Morgan fingerprint density at radius 3 is 2.50 bits per heavy atom. The van der Waals surface area contributed by atoms with Gasteiger partial charge in [0.15, 0.2) is 0 Å². The first-order valence-corrected chi connectivity index (χ1v) is 8.42. The highest BCUT2D eigenvalue weighted by atomic mass is 16.3. The summed E-state index contributed by atoms with van der Waals surface area (Å²) in [5.74, 6) is 0.543. The summed E-state index contributed by atoms with van der Waals surface area (Å²) in [5.41, 5.74) is 0.747. The van der Waals surface area contributed by atoms with Crippen molar-refractivity contribution >= 4 is 11.7 Å². The number of aromatic nitrogens is 1. The summed E-state index contributed by atoms with van der Waals surface area (Å²) in [6, 6.07) is 6.94. The molecule has 128 valence electrons. The van der Waals surface area contributed by atoms with E-state index in [0.29, 0.717) is 11.6 Å². The molecule has 6 heteroatoms. The Balaban J connectivity index is 1.51. The minimum atomic E-state index is -0.775. The van der Waals surface area contributed by atoms with E-state index >= 15 is 0 Å². The molecular formula is C18H23N3O3. The highest BCUT2D eigenvalue weighted by Crippen LogP contribution is 2.26. The van der Waals surface area contributed by atoms with Crippen LogP contribution in [0.1, 0.15) is 38.5 Å². The van der Waals surface area contributed by atoms with E-state index in [-0.39, 0.29) is 12.6 Å². The van der Waals surface area contributed by atoms with Gasteiger partial charge in [0.2, 0.25) is 5.89 Å². The number of benzene rings is 1. The first-order chi connectivity index (χ1) is 11.6. The van der Waals surface area contributed by atoms with E-state index in [0.717, 1.165) is 44.1 Å². The van der Waals surface area contributed by atoms with Crippen LogP contribution >= 0.6 is 0 Å². The summed E-state index contributed by atoms with van der Waals surface area (Å²) < 4.78 is 5.23. The molecule has 0 saturated heterocycles. The number of hydrogen-bond acceptors (Lipinski definition) is 4. The molecule has 1 aromatic carbocycles. The second-order valence-electron chi connectivity index (χ2n) is 6.36. The van der Waals surface area contributed by atoms with Crippen molar-refractivity contribution < 1.29 is 14.3 Å². The molecule has 0 aliphatic heterocycles. The molecule has 0 bridgehead atoms. The quantitative estimate of drug-likeness (QED) is 0.749. The van der Waals surface area contributed by atoms with Crippen molar-refractivity contribution in [1.29, 1.82) is 0 Å². The fraction of sp³-hybridized carbons (Fsp3) is 0.444. The van der Waals surface area contributed by atoms with Crippen LogP contribution in [0.25, 0.3) is 11.5 Å². The molecule has 6 nitrogen and oxygen atoms in total. The maximum absolute atomic E-state index is 12.0. The molecule has 0 radical (unpaired) electrons. The highest BCUT2D eigenvalue weighted by Gasteiger charge is 2.28. The second kappa shape index (κ2) is 7.49. The molecule has 3 N–H and O–H groups in total. The van der Waals surface area contributed by atoms with Gasteiger partial charge in [-0.3, -0.25) is 0 Å². The van der Waals surface area contributed by atoms with Crippen molar-refractivity contribution in [3.05, 3.63) is 36.7 Å². The van der Waals surface area contributed by atoms with Gasteiger partial charge in [-0.2, -0.15) is 0 Å². The van der Waals surface area contributed by atoms with Crippen molar-refractivity contribution in [1.82, 2.24) is 10.3 Å². The van der Waals surface area contributed by atoms with Gasteiger partial charge in [0.1, 0.15) is 6.26 Å². The summed E-state index contributed by atoms with van der Waals surface area (Å²) in [6.07, 6.45) is 8.96. The maximum atomic E-state index is 12.0. The maximum Gasteiger partial charge on any atom is 0.319 e. The Morgan fingerprint density at radius 1 is 1.17 bits per heavy atom. The molecule has 0 unspecified atom stereocenters. The number of rotatable bonds is 4. The van der Waals surface area contributed by atoms with E-state index in [1.165, 1.54) is 6.26 Å². The average molecular weight is 329 g/mol. The molecule has 0 spiro atoms. The van der Waals surface area contributed by atoms with Crippen molar-refractivity contribution in [3.63, 3.8) is 0 Å². The molecule has 1 heterocycles. The Labute approximate surface area is 141 Å². The first-order valence-electron chi connectivity index (χ1n) is 8.42. The van der Waals surface area contributed by atoms with Gasteiger partial charge in [-0.1, -0.05) is 25.7 Å². The van der Waals surface area contributed by atoms with Crippen LogP contribution in [0.5, 0.6) is 0 Å². The lowest BCUT2D eigenvalue weighted by Crippen LogP contribution is -2.44. The van der Waals surface area contributed by atoms with E-state index in [9.17, 15) is 9.90 Å². The van der Waals surface area contributed by atoms with E-state index in [1.54, 1.807) is 18.3 Å². The van der Waals surface area contributed by atoms with E-state index in [4.69, 9.17) is 4.42 Å². The zero-order chi connectivity index (χ0) is 16.8. The molecule has 0 atom stereocenters. The number of urea groups is 1. The summed E-state index contributed by atoms with van der Waals surface area (Å²) in [6.45, 7) is 0.285. The molecule has 2 aromatic rings. The van der Waals surface area contributed by atoms with Gasteiger partial charge in [0.25, 0.3) is 0 Å². The summed E-state index contributed by atoms with van der Waals surface area (Å²) in [4.78, 5) is 16.1. The number of carbonyl (C=O) groups excluding carboxylic acids is 1. The molecule has 3 rings (SSSR count). The van der Waals surface area contributed by atoms with Gasteiger partial charge in [0.05, 0.1) is 11.8 Å². The third-order valence-electron chi connectivity index (χ3n) is 4.43. The molecule has 1 aromatic heterocycles. The average Bonchev–Trinajstić information content (AvgIpc) is 3.03. The van der Waals surface area contributed by atoms with Crippen LogP contribution < -0.4 is 10.6 Å². The molecule has 1 fully saturated rings. The lowest BCUT2D eigenvalue weighted by atomic mass is 9.95. The summed E-state index contributed by atoms with van der Waals surface area (Å²) >= 11 is 0. The normalized spacial score (nSPS) is 17.0. The number of hydrogen-bond donors (Lipinski definition) is 3. The molecule has 2 amide bonds. The number of aliphatic hydroxyl groups is 1. The Kier molecular flexibility index (Phi) is 5.15. The molecule has 24 heavy (non-hydrogen) atoms. The lowest BCUT2D eigenvalue weighted by Gasteiger charge is -2.26. The molecule has 1 aliphatic carbocycles. The van der Waals surface area contributed by atoms with Crippen LogP contribution in [0, 0.1) is 0 Å². The Hall–Kier alpha value is -2.34. The topological polar surface area (TPSA) is 87.4 Å². The van der Waals surface area contributed by atoms with Crippen molar-refractivity contribution in [2.24, 2.45) is 0 Å². The smallest absolute Gasteiger partial charge is 0.319 e. The third kappa shape index (κ3) is 4.35. The van der Waals surface area contributed by atoms with Gasteiger partial charge >= 0.3 is 6.03 Å². The second-order valence-corrected chi connectivity index (χ2v) is 6.36. The Bertz CT molecular complexity index is 645. The van der Waals surface area contributed by atoms with Gasteiger partial charge in [-0.05, 0) is 37.1 Å². The number of nitrogens with zero attached hydrogens (tertiary/aromatic N) is 1. The van der Waals surface area contributed by atoms with E-state index in [1.807, 2.05) is 12.1 Å². The number of oxazole rings is 1. The Morgan fingerprint density at radius 2 is 1.88 bits per heavy atom. The number of nitrogens with one attached hydrogen (secondary N) is 2. The molecular weight excluding hydrogens is 306 g/mol. The van der Waals surface area contributed by atoms with Crippen LogP contribution in [0.4, 0.5) is 10.5 Å². The van der Waals surface area contributed by atoms with Gasteiger partial charge in [0, 0.05) is 17.8 Å². The van der Waals surface area contributed by atoms with Crippen LogP contribution in [-0.2, 0) is 0 Å². The van der Waals surface area contributed by atoms with Crippen molar-refractivity contribution in [2.75, 3.05) is 11.9 Å². The van der Waals surface area contributed by atoms with Crippen molar-refractivity contribution in [2.45, 2.75) is 44.1 Å². The number of carbonyl (C=O) groups is 1. The minimum absolute atomic E-state index is 0.285. The summed E-state index contributed by atoms with van der Waals surface area (Å²) in [7, 11) is 0. The van der Waals surface area contributed by atoms with Gasteiger partial charge in [-0.15, -0.1) is 0 Å². The monoisotopic (exact) mass is 329 g/mol. The number of anilines is 1. The predicted octanol–water partition coefficient (Wildman–Crippen LogP) is 3.55. The number of amides is 2. The van der Waals surface area contributed by atoms with E-state index < -0.39 is 5.60 Å². The first kappa shape index (κ1) is 16.5. The van der Waals surface area contributed by atoms with Crippen LogP contribution in [0.3, 0.4) is 0 Å². The summed E-state index contributed by atoms with van der Waals surface area (Å²) in [5, 5.41) is 16.1. The van der Waals surface area contributed by atoms with Crippen LogP contribution in [0.2, 0.25) is 0 Å². The zero-order valence-electron chi connectivity index (χ0n) is 13.6.